The molecule has 2 unspecified atom stereocenters. The van der Waals surface area contributed by atoms with Gasteiger partial charge in [-0.2, -0.15) is 0 Å². The summed E-state index contributed by atoms with van der Waals surface area (Å²) in [5.74, 6) is 0.811. The van der Waals surface area contributed by atoms with E-state index in [1.807, 2.05) is 48.7 Å². The molecule has 1 aliphatic heterocycles. The molecule has 2 atom stereocenters. The molecule has 0 saturated heterocycles. The van der Waals surface area contributed by atoms with Gasteiger partial charge in [0.1, 0.15) is 34.9 Å². The van der Waals surface area contributed by atoms with Gasteiger partial charge in [-0.3, -0.25) is 5.32 Å². The molecular weight excluding hydrogens is 592 g/mol. The van der Waals surface area contributed by atoms with Crippen molar-refractivity contribution >= 4 is 60.6 Å². The number of para-hydroxylation sites is 1. The van der Waals surface area contributed by atoms with Gasteiger partial charge < -0.3 is 14.2 Å². The third kappa shape index (κ3) is 4.31. The molecule has 6 nitrogen and oxygen atoms in total. The standard InChI is InChI=1S/C42H28N4O2/c1-2-10-26(11-3-1)39-44-40(32-14-8-16-35-37(32)30-13-6-7-15-34(30)47-35)46-41(45-39)33-21-22-43-42-38(33)31-20-19-29(24-36(31)48-42)28-18-17-25-9-4-5-12-27(25)23-28/h1-24,40-41,46H,(H,44,45). The van der Waals surface area contributed by atoms with Crippen LogP contribution >= 0.6 is 0 Å². The van der Waals surface area contributed by atoms with E-state index < -0.39 is 0 Å². The van der Waals surface area contributed by atoms with Gasteiger partial charge in [-0.05, 0) is 58.3 Å². The quantitative estimate of drug-likeness (QED) is 0.205. The van der Waals surface area contributed by atoms with Gasteiger partial charge in [0, 0.05) is 39.0 Å². The fourth-order valence-corrected chi connectivity index (χ4v) is 7.16. The number of furan rings is 2. The summed E-state index contributed by atoms with van der Waals surface area (Å²) in [6.07, 6.45) is 1.18. The Balaban J connectivity index is 1.11. The van der Waals surface area contributed by atoms with E-state index >= 15 is 0 Å². The zero-order valence-electron chi connectivity index (χ0n) is 25.7. The first-order valence-electron chi connectivity index (χ1n) is 16.1. The Kier molecular flexibility index (Phi) is 5.98. The Labute approximate surface area is 275 Å². The molecule has 10 rings (SSSR count). The molecule has 4 heterocycles. The Hall–Kier alpha value is -6.24. The van der Waals surface area contributed by atoms with Crippen molar-refractivity contribution in [2.24, 2.45) is 4.99 Å². The summed E-state index contributed by atoms with van der Waals surface area (Å²) >= 11 is 0. The predicted octanol–water partition coefficient (Wildman–Crippen LogP) is 10.0. The maximum absolute atomic E-state index is 6.44. The zero-order valence-corrected chi connectivity index (χ0v) is 25.7. The number of hydrogen-bond donors (Lipinski definition) is 2. The predicted molar refractivity (Wildman–Crippen MR) is 193 cm³/mol. The number of fused-ring (bicyclic) bond motifs is 7. The fraction of sp³-hybridized carbons (Fsp3) is 0.0476. The van der Waals surface area contributed by atoms with Gasteiger partial charge in [-0.15, -0.1) is 0 Å². The molecular formula is C42H28N4O2. The molecule has 6 aromatic carbocycles. The third-order valence-corrected chi connectivity index (χ3v) is 9.44. The number of rotatable bonds is 4. The lowest BCUT2D eigenvalue weighted by molar-refractivity contribution is 0.412. The molecule has 0 saturated carbocycles. The zero-order chi connectivity index (χ0) is 31.6. The van der Waals surface area contributed by atoms with Crippen molar-refractivity contribution in [3.8, 4) is 11.1 Å². The number of aliphatic imine (C=N–C) groups is 1. The van der Waals surface area contributed by atoms with Crippen LogP contribution < -0.4 is 10.6 Å². The van der Waals surface area contributed by atoms with Crippen LogP contribution in [0.25, 0.3) is 65.9 Å². The van der Waals surface area contributed by atoms with Crippen LogP contribution in [0.3, 0.4) is 0 Å². The smallest absolute Gasteiger partial charge is 0.227 e. The van der Waals surface area contributed by atoms with Crippen molar-refractivity contribution in [1.29, 1.82) is 0 Å². The molecule has 0 spiro atoms. The first-order chi connectivity index (χ1) is 23.8. The molecule has 0 amide bonds. The molecule has 228 valence electrons. The molecule has 48 heavy (non-hydrogen) atoms. The van der Waals surface area contributed by atoms with E-state index in [2.05, 4.69) is 113 Å². The highest BCUT2D eigenvalue weighted by molar-refractivity contribution is 6.09. The Morgan fingerprint density at radius 3 is 2.23 bits per heavy atom. The van der Waals surface area contributed by atoms with E-state index in [0.717, 1.165) is 71.9 Å². The Bertz CT molecular complexity index is 2710. The molecule has 0 bridgehead atoms. The van der Waals surface area contributed by atoms with E-state index in [-0.39, 0.29) is 12.3 Å². The normalized spacial score (nSPS) is 16.5. The van der Waals surface area contributed by atoms with Gasteiger partial charge in [0.25, 0.3) is 0 Å². The number of amidine groups is 1. The maximum atomic E-state index is 6.44. The lowest BCUT2D eigenvalue weighted by atomic mass is 9.99. The monoisotopic (exact) mass is 620 g/mol. The summed E-state index contributed by atoms with van der Waals surface area (Å²) < 4.78 is 12.7. The summed E-state index contributed by atoms with van der Waals surface area (Å²) in [5.41, 5.74) is 8.46. The lowest BCUT2D eigenvalue weighted by Crippen LogP contribution is -2.45. The van der Waals surface area contributed by atoms with Gasteiger partial charge >= 0.3 is 0 Å². The Morgan fingerprint density at radius 1 is 0.521 bits per heavy atom. The van der Waals surface area contributed by atoms with Crippen LogP contribution in [0, 0.1) is 0 Å². The van der Waals surface area contributed by atoms with Crippen molar-refractivity contribution in [1.82, 2.24) is 15.6 Å². The molecule has 3 aromatic heterocycles. The maximum Gasteiger partial charge on any atom is 0.227 e. The van der Waals surface area contributed by atoms with E-state index in [0.29, 0.717) is 5.71 Å². The minimum absolute atomic E-state index is 0.289. The minimum atomic E-state index is -0.350. The lowest BCUT2D eigenvalue weighted by Gasteiger charge is -2.32. The van der Waals surface area contributed by atoms with Crippen LogP contribution in [0.2, 0.25) is 0 Å². The number of pyridine rings is 1. The van der Waals surface area contributed by atoms with Crippen LogP contribution in [0.1, 0.15) is 29.0 Å². The number of aromatic nitrogens is 1. The summed E-state index contributed by atoms with van der Waals surface area (Å²) in [6.45, 7) is 0. The van der Waals surface area contributed by atoms with Crippen molar-refractivity contribution in [2.45, 2.75) is 12.3 Å². The highest BCUT2D eigenvalue weighted by Gasteiger charge is 2.30. The van der Waals surface area contributed by atoms with Gasteiger partial charge in [0.2, 0.25) is 5.71 Å². The number of hydrogen-bond acceptors (Lipinski definition) is 6. The van der Waals surface area contributed by atoms with Crippen molar-refractivity contribution in [3.63, 3.8) is 0 Å². The largest absolute Gasteiger partial charge is 0.456 e. The number of nitrogens with one attached hydrogen (secondary N) is 2. The van der Waals surface area contributed by atoms with Crippen LogP contribution in [0.15, 0.2) is 160 Å². The van der Waals surface area contributed by atoms with E-state index in [9.17, 15) is 0 Å². The SMILES string of the molecule is c1ccc(C2=NC(c3cccc4oc5ccccc5c34)NC(c3ccnc4oc5cc(-c6ccc7ccccc7c6)ccc5c34)N2)cc1. The van der Waals surface area contributed by atoms with Gasteiger partial charge in [0.05, 0.1) is 5.39 Å². The molecule has 1 aliphatic rings. The molecule has 0 fully saturated rings. The van der Waals surface area contributed by atoms with Crippen LogP contribution in [-0.2, 0) is 0 Å². The first-order valence-corrected chi connectivity index (χ1v) is 16.1. The number of benzene rings is 6. The van der Waals surface area contributed by atoms with Crippen molar-refractivity contribution in [2.75, 3.05) is 0 Å². The van der Waals surface area contributed by atoms with Gasteiger partial charge in [0.15, 0.2) is 0 Å². The fourth-order valence-electron chi connectivity index (χ4n) is 7.16. The average Bonchev–Trinajstić information content (AvgIpc) is 3.73. The minimum Gasteiger partial charge on any atom is -0.456 e. The molecule has 0 radical (unpaired) electrons. The third-order valence-electron chi connectivity index (χ3n) is 9.44. The summed E-state index contributed by atoms with van der Waals surface area (Å²) in [7, 11) is 0. The van der Waals surface area contributed by atoms with Crippen molar-refractivity contribution < 1.29 is 8.83 Å². The highest BCUT2D eigenvalue weighted by atomic mass is 16.3. The van der Waals surface area contributed by atoms with E-state index in [4.69, 9.17) is 13.8 Å². The molecule has 0 aliphatic carbocycles. The highest BCUT2D eigenvalue weighted by Crippen LogP contribution is 2.39. The van der Waals surface area contributed by atoms with E-state index in [1.165, 1.54) is 10.8 Å². The summed E-state index contributed by atoms with van der Waals surface area (Å²) in [5, 5.41) is 14.1. The second-order valence-corrected chi connectivity index (χ2v) is 12.3. The van der Waals surface area contributed by atoms with Crippen LogP contribution in [-0.4, -0.2) is 10.8 Å². The second kappa shape index (κ2) is 10.7. The first kappa shape index (κ1) is 26.9. The van der Waals surface area contributed by atoms with Crippen LogP contribution in [0.5, 0.6) is 0 Å². The number of nitrogens with zero attached hydrogens (tertiary/aromatic N) is 2. The molecule has 9 aromatic rings. The van der Waals surface area contributed by atoms with Crippen molar-refractivity contribution in [3.05, 3.63) is 162 Å². The second-order valence-electron chi connectivity index (χ2n) is 12.3. The molecule has 6 heteroatoms. The topological polar surface area (TPSA) is 75.6 Å². The summed E-state index contributed by atoms with van der Waals surface area (Å²) in [4.78, 5) is 9.92. The van der Waals surface area contributed by atoms with E-state index in [1.54, 1.807) is 0 Å². The van der Waals surface area contributed by atoms with Gasteiger partial charge in [-0.25, -0.2) is 9.98 Å². The molecule has 2 N–H and O–H groups in total. The average molecular weight is 621 g/mol. The summed E-state index contributed by atoms with van der Waals surface area (Å²) in [6, 6.07) is 48.2. The Morgan fingerprint density at radius 2 is 1.29 bits per heavy atom. The van der Waals surface area contributed by atoms with Gasteiger partial charge in [-0.1, -0.05) is 103 Å². The van der Waals surface area contributed by atoms with Crippen LogP contribution in [0.4, 0.5) is 0 Å².